The average molecular weight is 378 g/mol. The highest BCUT2D eigenvalue weighted by Gasteiger charge is 2.22. The summed E-state index contributed by atoms with van der Waals surface area (Å²) in [6.07, 6.45) is 6.48. The summed E-state index contributed by atoms with van der Waals surface area (Å²) in [4.78, 5) is 21.5. The van der Waals surface area contributed by atoms with Gasteiger partial charge in [-0.05, 0) is 49.4 Å². The van der Waals surface area contributed by atoms with Gasteiger partial charge in [0.2, 0.25) is 0 Å². The molecule has 2 aliphatic rings. The van der Waals surface area contributed by atoms with Gasteiger partial charge >= 0.3 is 0 Å². The van der Waals surface area contributed by atoms with Crippen LogP contribution in [0.2, 0.25) is 0 Å². The van der Waals surface area contributed by atoms with Crippen molar-refractivity contribution >= 4 is 16.6 Å². The molecule has 1 aliphatic heterocycles. The van der Waals surface area contributed by atoms with Gasteiger partial charge in [-0.1, -0.05) is 0 Å². The lowest BCUT2D eigenvalue weighted by atomic mass is 9.96. The van der Waals surface area contributed by atoms with Crippen LogP contribution in [-0.2, 0) is 26.4 Å². The first-order chi connectivity index (χ1) is 13.7. The second-order valence-corrected chi connectivity index (χ2v) is 7.96. The third-order valence-corrected chi connectivity index (χ3v) is 6.15. The van der Waals surface area contributed by atoms with E-state index in [9.17, 15) is 4.79 Å². The molecule has 0 unspecified atom stereocenters. The molecule has 0 atom stereocenters. The molecule has 0 bridgehead atoms. The molecule has 146 valence electrons. The largest absolute Gasteiger partial charge is 0.369 e. The lowest BCUT2D eigenvalue weighted by Crippen LogP contribution is -2.46. The number of hydrogen-bond acceptors (Lipinski definition) is 5. The molecule has 5 rings (SSSR count). The van der Waals surface area contributed by atoms with Crippen molar-refractivity contribution in [2.24, 2.45) is 7.05 Å². The van der Waals surface area contributed by atoms with Crippen LogP contribution in [0.5, 0.6) is 0 Å². The molecule has 2 aromatic heterocycles. The van der Waals surface area contributed by atoms with Gasteiger partial charge in [0.1, 0.15) is 0 Å². The minimum absolute atomic E-state index is 0.00343. The van der Waals surface area contributed by atoms with Crippen molar-refractivity contribution in [2.75, 3.05) is 31.1 Å². The Morgan fingerprint density at radius 2 is 1.93 bits per heavy atom. The van der Waals surface area contributed by atoms with E-state index in [0.29, 0.717) is 5.39 Å². The van der Waals surface area contributed by atoms with Crippen molar-refractivity contribution in [1.82, 2.24) is 24.6 Å². The Bertz CT molecular complexity index is 1060. The van der Waals surface area contributed by atoms with Crippen molar-refractivity contribution in [3.05, 3.63) is 51.8 Å². The van der Waals surface area contributed by atoms with Crippen LogP contribution in [0.15, 0.2) is 29.3 Å². The van der Waals surface area contributed by atoms with E-state index in [-0.39, 0.29) is 5.56 Å². The number of piperazine rings is 1. The third-order valence-electron chi connectivity index (χ3n) is 6.15. The van der Waals surface area contributed by atoms with Crippen molar-refractivity contribution in [3.8, 4) is 0 Å². The molecule has 1 saturated heterocycles. The average Bonchev–Trinajstić information content (AvgIpc) is 3.14. The Balaban J connectivity index is 1.27. The first-order valence-corrected chi connectivity index (χ1v) is 10.2. The van der Waals surface area contributed by atoms with Gasteiger partial charge in [-0.3, -0.25) is 14.8 Å². The van der Waals surface area contributed by atoms with Crippen molar-refractivity contribution in [1.29, 1.82) is 0 Å². The van der Waals surface area contributed by atoms with Gasteiger partial charge in [-0.2, -0.15) is 5.10 Å². The van der Waals surface area contributed by atoms with Crippen molar-refractivity contribution in [3.63, 3.8) is 0 Å². The number of hydrogen-bond donors (Lipinski definition) is 1. The van der Waals surface area contributed by atoms with Gasteiger partial charge in [0.05, 0.1) is 22.9 Å². The van der Waals surface area contributed by atoms with Crippen molar-refractivity contribution < 1.29 is 0 Å². The first-order valence-electron chi connectivity index (χ1n) is 10.2. The zero-order valence-electron chi connectivity index (χ0n) is 16.3. The summed E-state index contributed by atoms with van der Waals surface area (Å²) in [5.41, 5.74) is 5.99. The summed E-state index contributed by atoms with van der Waals surface area (Å²) in [5, 5.41) is 8.53. The minimum Gasteiger partial charge on any atom is -0.369 e. The molecule has 1 fully saturated rings. The van der Waals surface area contributed by atoms with Crippen LogP contribution in [0, 0.1) is 0 Å². The second kappa shape index (κ2) is 7.05. The minimum atomic E-state index is 0.00343. The van der Waals surface area contributed by atoms with E-state index in [1.54, 1.807) is 13.4 Å². The van der Waals surface area contributed by atoms with Crippen LogP contribution in [0.1, 0.15) is 29.8 Å². The Kier molecular flexibility index (Phi) is 4.39. The highest BCUT2D eigenvalue weighted by molar-refractivity contribution is 5.81. The highest BCUT2D eigenvalue weighted by Crippen LogP contribution is 2.24. The van der Waals surface area contributed by atoms with E-state index in [1.165, 1.54) is 40.8 Å². The molecular weight excluding hydrogens is 352 g/mol. The molecule has 7 nitrogen and oxygen atoms in total. The molecule has 1 aliphatic carbocycles. The standard InChI is InChI=1S/C21H26N6O/c1-25-14-22-19-12-15(6-7-17(19)21(25)28)27-10-8-26(9-11-27)13-20-16-4-2-3-5-18(16)23-24-20/h6-7,12,14H,2-5,8-11,13H2,1H3,(H,23,24). The number of benzene rings is 1. The quantitative estimate of drug-likeness (QED) is 0.753. The summed E-state index contributed by atoms with van der Waals surface area (Å²) in [6.45, 7) is 4.92. The first kappa shape index (κ1) is 17.4. The zero-order valence-corrected chi connectivity index (χ0v) is 16.3. The fourth-order valence-corrected chi connectivity index (χ4v) is 4.45. The van der Waals surface area contributed by atoms with Crippen LogP contribution in [0.3, 0.4) is 0 Å². The van der Waals surface area contributed by atoms with E-state index < -0.39 is 0 Å². The number of aryl methyl sites for hydroxylation is 2. The Hall–Kier alpha value is -2.67. The number of aromatic nitrogens is 4. The molecule has 3 heterocycles. The van der Waals surface area contributed by atoms with Gasteiger partial charge in [-0.15, -0.1) is 0 Å². The summed E-state index contributed by atoms with van der Waals surface area (Å²) in [5.74, 6) is 0. The van der Waals surface area contributed by atoms with Gasteiger partial charge in [0, 0.05) is 51.2 Å². The maximum Gasteiger partial charge on any atom is 0.260 e. The van der Waals surface area contributed by atoms with Gasteiger partial charge < -0.3 is 9.47 Å². The topological polar surface area (TPSA) is 70.1 Å². The van der Waals surface area contributed by atoms with E-state index in [0.717, 1.165) is 50.3 Å². The van der Waals surface area contributed by atoms with Gasteiger partial charge in [0.25, 0.3) is 5.56 Å². The number of rotatable bonds is 3. The number of fused-ring (bicyclic) bond motifs is 2. The molecule has 7 heteroatoms. The van der Waals surface area contributed by atoms with Crippen LogP contribution < -0.4 is 10.5 Å². The van der Waals surface area contributed by atoms with E-state index >= 15 is 0 Å². The van der Waals surface area contributed by atoms with E-state index in [2.05, 4.69) is 25.0 Å². The van der Waals surface area contributed by atoms with Crippen LogP contribution in [0.4, 0.5) is 5.69 Å². The monoisotopic (exact) mass is 378 g/mol. The molecular formula is C21H26N6O. The predicted molar refractivity (Wildman–Crippen MR) is 110 cm³/mol. The predicted octanol–water partition coefficient (Wildman–Crippen LogP) is 1.86. The lowest BCUT2D eigenvalue weighted by Gasteiger charge is -2.36. The number of nitrogens with zero attached hydrogens (tertiary/aromatic N) is 5. The Labute approximate surface area is 164 Å². The smallest absolute Gasteiger partial charge is 0.260 e. The number of nitrogens with one attached hydrogen (secondary N) is 1. The Morgan fingerprint density at radius 1 is 1.11 bits per heavy atom. The maximum absolute atomic E-state index is 12.2. The highest BCUT2D eigenvalue weighted by atomic mass is 16.1. The summed E-state index contributed by atoms with van der Waals surface area (Å²) in [6, 6.07) is 5.99. The van der Waals surface area contributed by atoms with E-state index in [1.807, 2.05) is 18.2 Å². The maximum atomic E-state index is 12.2. The van der Waals surface area contributed by atoms with Crippen molar-refractivity contribution in [2.45, 2.75) is 32.2 Å². The molecule has 28 heavy (non-hydrogen) atoms. The fourth-order valence-electron chi connectivity index (χ4n) is 4.45. The number of aromatic amines is 1. The fraction of sp³-hybridized carbons (Fsp3) is 0.476. The summed E-state index contributed by atoms with van der Waals surface area (Å²) in [7, 11) is 1.73. The number of anilines is 1. The summed E-state index contributed by atoms with van der Waals surface area (Å²) >= 11 is 0. The Morgan fingerprint density at radius 3 is 2.79 bits per heavy atom. The van der Waals surface area contributed by atoms with Crippen LogP contribution in [0.25, 0.3) is 10.9 Å². The second-order valence-electron chi connectivity index (χ2n) is 7.96. The van der Waals surface area contributed by atoms with Gasteiger partial charge in [0.15, 0.2) is 0 Å². The molecule has 0 spiro atoms. The molecule has 1 aromatic carbocycles. The summed E-state index contributed by atoms with van der Waals surface area (Å²) < 4.78 is 1.52. The van der Waals surface area contributed by atoms with Gasteiger partial charge in [-0.25, -0.2) is 4.98 Å². The SMILES string of the molecule is Cn1cnc2cc(N3CCN(Cc4n[nH]c5c4CCCC5)CC3)ccc2c1=O. The molecule has 3 aromatic rings. The molecule has 0 radical (unpaired) electrons. The lowest BCUT2D eigenvalue weighted by molar-refractivity contribution is 0.246. The van der Waals surface area contributed by atoms with E-state index in [4.69, 9.17) is 0 Å². The molecule has 0 amide bonds. The van der Waals surface area contributed by atoms with Crippen LogP contribution in [-0.4, -0.2) is 50.8 Å². The number of H-pyrrole nitrogens is 1. The normalized spacial score (nSPS) is 17.8. The van der Waals surface area contributed by atoms with Crippen LogP contribution >= 0.6 is 0 Å². The molecule has 0 saturated carbocycles. The molecule has 1 N–H and O–H groups in total. The third kappa shape index (κ3) is 3.09. The zero-order chi connectivity index (χ0) is 19.1.